The van der Waals surface area contributed by atoms with Gasteiger partial charge in [0, 0.05) is 6.07 Å². The van der Waals surface area contributed by atoms with E-state index in [1.54, 1.807) is 32.0 Å². The van der Waals surface area contributed by atoms with Gasteiger partial charge in [-0.05, 0) is 38.2 Å². The Hall–Kier alpha value is -2.55. The molecule has 0 saturated carbocycles. The van der Waals surface area contributed by atoms with Gasteiger partial charge < -0.3 is 29.6 Å². The Labute approximate surface area is 151 Å². The van der Waals surface area contributed by atoms with Crippen LogP contribution in [0.1, 0.15) is 13.8 Å². The average Bonchev–Trinajstić information content (AvgIpc) is 2.59. The number of hydrogen-bond donors (Lipinski definition) is 2. The van der Waals surface area contributed by atoms with E-state index >= 15 is 0 Å². The Kier molecular flexibility index (Phi) is 8.48. The molecule has 8 nitrogen and oxygen atoms in total. The van der Waals surface area contributed by atoms with Gasteiger partial charge in [-0.2, -0.15) is 0 Å². The lowest BCUT2D eigenvalue weighted by atomic mass is 10.2. The number of benzene rings is 1. The largest absolute Gasteiger partial charge is 0.497 e. The molecule has 0 unspecified atom stereocenters. The van der Waals surface area contributed by atoms with Crippen molar-refractivity contribution in [1.82, 2.24) is 5.32 Å². The normalized spacial score (nSPS) is 9.96. The summed E-state index contributed by atoms with van der Waals surface area (Å²) in [6.07, 6.45) is 0. The predicted molar refractivity (Wildman–Crippen MR) is 96.0 cm³/mol. The molecule has 0 heterocycles. The molecule has 0 atom stereocenters. The van der Waals surface area contributed by atoms with Crippen molar-refractivity contribution >= 4 is 35.0 Å². The monoisotopic (exact) mass is 370 g/mol. The van der Waals surface area contributed by atoms with Crippen LogP contribution in [0.2, 0.25) is 0 Å². The molecule has 0 fully saturated rings. The third kappa shape index (κ3) is 6.11. The molecule has 2 N–H and O–H groups in total. The standard InChI is InChI=1S/C16H22N2O6S/c1-5-23-14(19)13(15(20)24-6-2)18-16(25)17-11-9-10(21-3)7-8-12(11)22-4/h7-9,13H,5-6H2,1-4H3,(H2,17,18,25). The van der Waals surface area contributed by atoms with Gasteiger partial charge in [-0.25, -0.2) is 9.59 Å². The molecule has 0 aliphatic heterocycles. The minimum Gasteiger partial charge on any atom is -0.497 e. The first-order valence-electron chi connectivity index (χ1n) is 7.59. The number of anilines is 1. The van der Waals surface area contributed by atoms with Crippen LogP contribution in [0.5, 0.6) is 11.5 Å². The highest BCUT2D eigenvalue weighted by molar-refractivity contribution is 7.80. The first kappa shape index (κ1) is 20.5. The zero-order valence-corrected chi connectivity index (χ0v) is 15.4. The number of carbonyl (C=O) groups is 2. The van der Waals surface area contributed by atoms with Gasteiger partial charge in [0.1, 0.15) is 11.5 Å². The van der Waals surface area contributed by atoms with Crippen molar-refractivity contribution in [1.29, 1.82) is 0 Å². The number of nitrogens with one attached hydrogen (secondary N) is 2. The summed E-state index contributed by atoms with van der Waals surface area (Å²) in [6, 6.07) is 3.71. The molecule has 25 heavy (non-hydrogen) atoms. The van der Waals surface area contributed by atoms with Gasteiger partial charge in [-0.1, -0.05) is 0 Å². The maximum Gasteiger partial charge on any atom is 0.340 e. The summed E-state index contributed by atoms with van der Waals surface area (Å²) in [6.45, 7) is 3.52. The second kappa shape index (κ2) is 10.3. The Morgan fingerprint density at radius 2 is 1.68 bits per heavy atom. The minimum absolute atomic E-state index is 0.0256. The maximum atomic E-state index is 12.0. The van der Waals surface area contributed by atoms with Crippen molar-refractivity contribution in [3.8, 4) is 11.5 Å². The SMILES string of the molecule is CCOC(=O)C(NC(=S)Nc1cc(OC)ccc1OC)C(=O)OCC. The molecule has 0 bridgehead atoms. The third-order valence-corrected chi connectivity index (χ3v) is 3.19. The lowest BCUT2D eigenvalue weighted by Crippen LogP contribution is -2.49. The summed E-state index contributed by atoms with van der Waals surface area (Å²) in [5, 5.41) is 5.48. The van der Waals surface area contributed by atoms with Crippen LogP contribution in [0.25, 0.3) is 0 Å². The number of hydrogen-bond acceptors (Lipinski definition) is 7. The molecule has 0 radical (unpaired) electrons. The zero-order chi connectivity index (χ0) is 18.8. The highest BCUT2D eigenvalue weighted by Gasteiger charge is 2.30. The van der Waals surface area contributed by atoms with Crippen molar-refractivity contribution in [2.75, 3.05) is 32.8 Å². The smallest absolute Gasteiger partial charge is 0.340 e. The van der Waals surface area contributed by atoms with E-state index in [4.69, 9.17) is 31.2 Å². The maximum absolute atomic E-state index is 12.0. The fourth-order valence-electron chi connectivity index (χ4n) is 1.87. The number of ether oxygens (including phenoxy) is 4. The van der Waals surface area contributed by atoms with Crippen molar-refractivity contribution in [2.24, 2.45) is 0 Å². The van der Waals surface area contributed by atoms with Crippen molar-refractivity contribution in [3.05, 3.63) is 18.2 Å². The molecule has 0 aliphatic carbocycles. The summed E-state index contributed by atoms with van der Waals surface area (Å²) < 4.78 is 20.1. The first-order chi connectivity index (χ1) is 12.0. The molecule has 0 saturated heterocycles. The van der Waals surface area contributed by atoms with Crippen LogP contribution in [0.3, 0.4) is 0 Å². The molecule has 0 spiro atoms. The minimum atomic E-state index is -1.36. The van der Waals surface area contributed by atoms with Crippen molar-refractivity contribution in [3.63, 3.8) is 0 Å². The summed E-state index contributed by atoms with van der Waals surface area (Å²) in [7, 11) is 3.03. The van der Waals surface area contributed by atoms with E-state index in [0.717, 1.165) is 0 Å². The van der Waals surface area contributed by atoms with Crippen molar-refractivity contribution < 1.29 is 28.5 Å². The molecule has 1 rings (SSSR count). The molecule has 0 amide bonds. The fraction of sp³-hybridized carbons (Fsp3) is 0.438. The number of rotatable bonds is 8. The highest BCUT2D eigenvalue weighted by atomic mass is 32.1. The van der Waals surface area contributed by atoms with Crippen LogP contribution in [0.15, 0.2) is 18.2 Å². The lowest BCUT2D eigenvalue weighted by molar-refractivity contribution is -0.157. The van der Waals surface area contributed by atoms with E-state index in [0.29, 0.717) is 17.2 Å². The highest BCUT2D eigenvalue weighted by Crippen LogP contribution is 2.28. The summed E-state index contributed by atoms with van der Waals surface area (Å²) in [4.78, 5) is 23.9. The van der Waals surface area contributed by atoms with Gasteiger partial charge in [0.2, 0.25) is 6.04 Å². The molecule has 1 aromatic carbocycles. The van der Waals surface area contributed by atoms with Gasteiger partial charge in [0.15, 0.2) is 5.11 Å². The van der Waals surface area contributed by atoms with Crippen LogP contribution in [0, 0.1) is 0 Å². The lowest BCUT2D eigenvalue weighted by Gasteiger charge is -2.19. The van der Waals surface area contributed by atoms with Crippen molar-refractivity contribution in [2.45, 2.75) is 19.9 Å². The number of methoxy groups -OCH3 is 2. The van der Waals surface area contributed by atoms with Gasteiger partial charge >= 0.3 is 11.9 Å². The second-order valence-electron chi connectivity index (χ2n) is 4.60. The molecule has 9 heteroatoms. The molecular weight excluding hydrogens is 348 g/mol. The zero-order valence-electron chi connectivity index (χ0n) is 14.6. The third-order valence-electron chi connectivity index (χ3n) is 2.97. The predicted octanol–water partition coefficient (Wildman–Crippen LogP) is 1.48. The van der Waals surface area contributed by atoms with Crippen LogP contribution in [-0.2, 0) is 19.1 Å². The average molecular weight is 370 g/mol. The topological polar surface area (TPSA) is 95.1 Å². The van der Waals surface area contributed by atoms with E-state index in [1.807, 2.05) is 0 Å². The number of esters is 2. The van der Waals surface area contributed by atoms with Gasteiger partial charge in [-0.3, -0.25) is 0 Å². The Bertz CT molecular complexity index is 605. The molecule has 0 aliphatic rings. The van der Waals surface area contributed by atoms with Gasteiger partial charge in [0.25, 0.3) is 0 Å². The van der Waals surface area contributed by atoms with Gasteiger partial charge in [0.05, 0.1) is 33.1 Å². The number of carbonyl (C=O) groups excluding carboxylic acids is 2. The summed E-state index contributed by atoms with van der Waals surface area (Å²) in [5.74, 6) is -0.461. The quantitative estimate of drug-likeness (QED) is 0.401. The molecular formula is C16H22N2O6S. The van der Waals surface area contributed by atoms with E-state index in [1.165, 1.54) is 14.2 Å². The molecule has 0 aromatic heterocycles. The second-order valence-corrected chi connectivity index (χ2v) is 5.01. The number of thiocarbonyl (C=S) groups is 1. The Balaban J connectivity index is 2.90. The first-order valence-corrected chi connectivity index (χ1v) is 8.00. The van der Waals surface area contributed by atoms with Crippen LogP contribution >= 0.6 is 12.2 Å². The van der Waals surface area contributed by atoms with E-state index in [-0.39, 0.29) is 18.3 Å². The van der Waals surface area contributed by atoms with E-state index in [9.17, 15) is 9.59 Å². The van der Waals surface area contributed by atoms with Gasteiger partial charge in [-0.15, -0.1) is 0 Å². The van der Waals surface area contributed by atoms with Crippen LogP contribution in [0.4, 0.5) is 5.69 Å². The van der Waals surface area contributed by atoms with Crippen LogP contribution in [-0.4, -0.2) is 50.5 Å². The van der Waals surface area contributed by atoms with E-state index < -0.39 is 18.0 Å². The molecule has 138 valence electrons. The fourth-order valence-corrected chi connectivity index (χ4v) is 2.09. The summed E-state index contributed by atoms with van der Waals surface area (Å²) >= 11 is 5.17. The molecule has 1 aromatic rings. The van der Waals surface area contributed by atoms with Crippen LogP contribution < -0.4 is 20.1 Å². The van der Waals surface area contributed by atoms with E-state index in [2.05, 4.69) is 10.6 Å². The Morgan fingerprint density at radius 1 is 1.08 bits per heavy atom. The Morgan fingerprint density at radius 3 is 2.16 bits per heavy atom. The summed E-state index contributed by atoms with van der Waals surface area (Å²) in [5.41, 5.74) is 0.505.